The van der Waals surface area contributed by atoms with Gasteiger partial charge in [-0.25, -0.2) is 8.78 Å². The van der Waals surface area contributed by atoms with Crippen LogP contribution in [0.3, 0.4) is 0 Å². The van der Waals surface area contributed by atoms with Crippen LogP contribution in [0.2, 0.25) is 0 Å². The number of ether oxygens (including phenoxy) is 1. The summed E-state index contributed by atoms with van der Waals surface area (Å²) in [5.74, 6) is -2.04. The molecule has 17 heavy (non-hydrogen) atoms. The number of hydrogen-bond donors (Lipinski definition) is 0. The van der Waals surface area contributed by atoms with E-state index in [1.54, 1.807) is 20.8 Å². The molecule has 0 aliphatic rings. The van der Waals surface area contributed by atoms with Gasteiger partial charge in [-0.1, -0.05) is 15.9 Å². The predicted molar refractivity (Wildman–Crippen MR) is 63.9 cm³/mol. The van der Waals surface area contributed by atoms with Gasteiger partial charge in [0, 0.05) is 6.07 Å². The van der Waals surface area contributed by atoms with Crippen molar-refractivity contribution in [3.63, 3.8) is 0 Å². The first kappa shape index (κ1) is 14.1. The van der Waals surface area contributed by atoms with Gasteiger partial charge in [0.15, 0.2) is 0 Å². The summed E-state index contributed by atoms with van der Waals surface area (Å²) in [7, 11) is 0. The first-order valence-corrected chi connectivity index (χ1v) is 5.93. The Labute approximate surface area is 107 Å². The highest BCUT2D eigenvalue weighted by atomic mass is 79.9. The van der Waals surface area contributed by atoms with Crippen LogP contribution in [0.4, 0.5) is 8.78 Å². The van der Waals surface area contributed by atoms with E-state index in [4.69, 9.17) is 4.74 Å². The summed E-state index contributed by atoms with van der Waals surface area (Å²) < 4.78 is 31.1. The summed E-state index contributed by atoms with van der Waals surface area (Å²) in [6, 6.07) is 2.93. The van der Waals surface area contributed by atoms with Crippen LogP contribution >= 0.6 is 15.9 Å². The van der Waals surface area contributed by atoms with Gasteiger partial charge < -0.3 is 4.74 Å². The Morgan fingerprint density at radius 3 is 2.12 bits per heavy atom. The van der Waals surface area contributed by atoms with E-state index in [1.165, 1.54) is 0 Å². The molecule has 0 unspecified atom stereocenters. The number of carbonyl (C=O) groups excluding carboxylic acids is 1. The standard InChI is InChI=1S/C12H13BrF2O2/c1-12(2,3)17-11(16)10(13)7-4-8(14)6-9(15)5-7/h4-6,10H,1-3H3/t10-/m1/s1. The van der Waals surface area contributed by atoms with E-state index >= 15 is 0 Å². The first-order chi connectivity index (χ1) is 7.69. The third kappa shape index (κ3) is 4.42. The average Bonchev–Trinajstić information content (AvgIpc) is 2.12. The van der Waals surface area contributed by atoms with Crippen LogP contribution in [0.15, 0.2) is 18.2 Å². The van der Waals surface area contributed by atoms with Gasteiger partial charge in [0.05, 0.1) is 0 Å². The van der Waals surface area contributed by atoms with Gasteiger partial charge in [-0.3, -0.25) is 4.79 Å². The summed E-state index contributed by atoms with van der Waals surface area (Å²) in [6.45, 7) is 5.16. The Morgan fingerprint density at radius 2 is 1.71 bits per heavy atom. The summed E-state index contributed by atoms with van der Waals surface area (Å²) in [4.78, 5) is 10.8. The van der Waals surface area contributed by atoms with E-state index in [9.17, 15) is 13.6 Å². The number of halogens is 3. The minimum absolute atomic E-state index is 0.191. The smallest absolute Gasteiger partial charge is 0.324 e. The van der Waals surface area contributed by atoms with Crippen molar-refractivity contribution in [2.75, 3.05) is 0 Å². The molecule has 1 aromatic rings. The van der Waals surface area contributed by atoms with Crippen molar-refractivity contribution in [3.05, 3.63) is 35.4 Å². The van der Waals surface area contributed by atoms with Crippen LogP contribution in [0.5, 0.6) is 0 Å². The molecule has 0 heterocycles. The second kappa shape index (κ2) is 5.12. The molecule has 2 nitrogen and oxygen atoms in total. The molecule has 0 amide bonds. The minimum atomic E-state index is -0.882. The van der Waals surface area contributed by atoms with Gasteiger partial charge in [0.2, 0.25) is 0 Å². The number of esters is 1. The molecule has 0 aliphatic carbocycles. The fourth-order valence-corrected chi connectivity index (χ4v) is 1.57. The lowest BCUT2D eigenvalue weighted by Gasteiger charge is -2.21. The van der Waals surface area contributed by atoms with Gasteiger partial charge in [-0.2, -0.15) is 0 Å². The lowest BCUT2D eigenvalue weighted by Crippen LogP contribution is -2.26. The third-order valence-electron chi connectivity index (χ3n) is 1.79. The highest BCUT2D eigenvalue weighted by Crippen LogP contribution is 2.27. The molecule has 0 aromatic heterocycles. The Balaban J connectivity index is 2.89. The van der Waals surface area contributed by atoms with Crippen molar-refractivity contribution in [1.82, 2.24) is 0 Å². The molecule has 0 aliphatic heterocycles. The monoisotopic (exact) mass is 306 g/mol. The molecule has 0 fully saturated rings. The maximum Gasteiger partial charge on any atom is 0.324 e. The van der Waals surface area contributed by atoms with Crippen molar-refractivity contribution >= 4 is 21.9 Å². The maximum atomic E-state index is 13.0. The van der Waals surface area contributed by atoms with E-state index < -0.39 is 28.0 Å². The molecular formula is C12H13BrF2O2. The number of carbonyl (C=O) groups is 1. The number of benzene rings is 1. The van der Waals surface area contributed by atoms with E-state index in [0.717, 1.165) is 18.2 Å². The molecule has 1 atom stereocenters. The van der Waals surface area contributed by atoms with E-state index in [1.807, 2.05) is 0 Å². The number of alkyl halides is 1. The van der Waals surface area contributed by atoms with Gasteiger partial charge in [-0.05, 0) is 38.5 Å². The van der Waals surface area contributed by atoms with Crippen LogP contribution in [-0.2, 0) is 9.53 Å². The number of rotatable bonds is 2. The molecule has 94 valence electrons. The van der Waals surface area contributed by atoms with Crippen LogP contribution in [0.1, 0.15) is 31.2 Å². The molecule has 0 spiro atoms. The zero-order chi connectivity index (χ0) is 13.2. The van der Waals surface area contributed by atoms with Crippen molar-refractivity contribution in [2.45, 2.75) is 31.2 Å². The molecule has 0 radical (unpaired) electrons. The average molecular weight is 307 g/mol. The van der Waals surface area contributed by atoms with E-state index in [0.29, 0.717) is 0 Å². The van der Waals surface area contributed by atoms with E-state index in [-0.39, 0.29) is 5.56 Å². The molecule has 1 aromatic carbocycles. The third-order valence-corrected chi connectivity index (χ3v) is 2.69. The zero-order valence-corrected chi connectivity index (χ0v) is 11.3. The van der Waals surface area contributed by atoms with Gasteiger partial charge in [0.1, 0.15) is 22.1 Å². The molecule has 5 heteroatoms. The second-order valence-corrected chi connectivity index (χ2v) is 5.51. The Hall–Kier alpha value is -0.970. The lowest BCUT2D eigenvalue weighted by atomic mass is 10.1. The Morgan fingerprint density at radius 1 is 1.24 bits per heavy atom. The summed E-state index contributed by atoms with van der Waals surface area (Å²) >= 11 is 3.06. The van der Waals surface area contributed by atoms with Crippen molar-refractivity contribution in [2.24, 2.45) is 0 Å². The second-order valence-electron chi connectivity index (χ2n) is 4.60. The molecular weight excluding hydrogens is 294 g/mol. The fraction of sp³-hybridized carbons (Fsp3) is 0.417. The maximum absolute atomic E-state index is 13.0. The molecule has 0 bridgehead atoms. The normalized spacial score (nSPS) is 13.3. The van der Waals surface area contributed by atoms with Crippen LogP contribution in [0.25, 0.3) is 0 Å². The molecule has 1 rings (SSSR count). The Kier molecular flexibility index (Phi) is 4.25. The highest BCUT2D eigenvalue weighted by Gasteiger charge is 2.25. The van der Waals surface area contributed by atoms with Gasteiger partial charge in [-0.15, -0.1) is 0 Å². The molecule has 0 saturated heterocycles. The van der Waals surface area contributed by atoms with Crippen LogP contribution < -0.4 is 0 Å². The minimum Gasteiger partial charge on any atom is -0.459 e. The lowest BCUT2D eigenvalue weighted by molar-refractivity contribution is -0.154. The van der Waals surface area contributed by atoms with Crippen molar-refractivity contribution in [1.29, 1.82) is 0 Å². The molecule has 0 N–H and O–H groups in total. The van der Waals surface area contributed by atoms with Crippen molar-refractivity contribution < 1.29 is 18.3 Å². The van der Waals surface area contributed by atoms with Crippen LogP contribution in [-0.4, -0.2) is 11.6 Å². The molecule has 0 saturated carbocycles. The predicted octanol–water partition coefficient (Wildman–Crippen LogP) is 3.74. The summed E-state index contributed by atoms with van der Waals surface area (Å²) in [5.41, 5.74) is -0.452. The Bertz CT molecular complexity index is 407. The summed E-state index contributed by atoms with van der Waals surface area (Å²) in [5, 5.41) is 0. The highest BCUT2D eigenvalue weighted by molar-refractivity contribution is 9.09. The van der Waals surface area contributed by atoms with Gasteiger partial charge in [0.25, 0.3) is 0 Å². The van der Waals surface area contributed by atoms with Crippen molar-refractivity contribution in [3.8, 4) is 0 Å². The zero-order valence-electron chi connectivity index (χ0n) is 9.76. The first-order valence-electron chi connectivity index (χ1n) is 5.02. The van der Waals surface area contributed by atoms with Crippen LogP contribution in [0, 0.1) is 11.6 Å². The number of hydrogen-bond acceptors (Lipinski definition) is 2. The summed E-state index contributed by atoms with van der Waals surface area (Å²) in [6.07, 6.45) is 0. The van der Waals surface area contributed by atoms with E-state index in [2.05, 4.69) is 15.9 Å². The van der Waals surface area contributed by atoms with Gasteiger partial charge >= 0.3 is 5.97 Å². The SMILES string of the molecule is CC(C)(C)OC(=O)[C@H](Br)c1cc(F)cc(F)c1. The topological polar surface area (TPSA) is 26.3 Å². The largest absolute Gasteiger partial charge is 0.459 e. The fourth-order valence-electron chi connectivity index (χ4n) is 1.21. The quantitative estimate of drug-likeness (QED) is 0.614.